The van der Waals surface area contributed by atoms with E-state index in [9.17, 15) is 10.1 Å². The summed E-state index contributed by atoms with van der Waals surface area (Å²) in [4.78, 5) is 18.1. The van der Waals surface area contributed by atoms with Crippen LogP contribution in [0, 0.1) is 10.1 Å². The highest BCUT2D eigenvalue weighted by Gasteiger charge is 2.18. The van der Waals surface area contributed by atoms with Crippen LogP contribution in [0.5, 0.6) is 11.5 Å². The first-order valence-corrected chi connectivity index (χ1v) is 6.87. The largest absolute Gasteiger partial charge is 0.496 e. The van der Waals surface area contributed by atoms with Crippen molar-refractivity contribution < 1.29 is 18.9 Å². The molecule has 2 aromatic heterocycles. The minimum Gasteiger partial charge on any atom is -0.496 e. The topological polar surface area (TPSA) is 113 Å². The van der Waals surface area contributed by atoms with Crippen molar-refractivity contribution in [3.05, 3.63) is 58.6 Å². The molecule has 0 fully saturated rings. The Labute approximate surface area is 136 Å². The molecule has 3 aromatic rings. The van der Waals surface area contributed by atoms with E-state index in [0.29, 0.717) is 17.1 Å². The van der Waals surface area contributed by atoms with Crippen molar-refractivity contribution in [1.82, 2.24) is 15.1 Å². The molecule has 3 rings (SSSR count). The van der Waals surface area contributed by atoms with E-state index in [-0.39, 0.29) is 24.1 Å². The zero-order valence-corrected chi connectivity index (χ0v) is 12.6. The van der Waals surface area contributed by atoms with E-state index in [1.54, 1.807) is 19.2 Å². The summed E-state index contributed by atoms with van der Waals surface area (Å²) in [6.07, 6.45) is 1.32. The van der Waals surface area contributed by atoms with Gasteiger partial charge in [0.15, 0.2) is 6.61 Å². The average molecular weight is 328 g/mol. The van der Waals surface area contributed by atoms with E-state index in [2.05, 4.69) is 15.1 Å². The molecule has 9 nitrogen and oxygen atoms in total. The maximum absolute atomic E-state index is 10.9. The van der Waals surface area contributed by atoms with Crippen LogP contribution in [-0.2, 0) is 6.61 Å². The summed E-state index contributed by atoms with van der Waals surface area (Å²) < 4.78 is 15.7. The molecular formula is C15H12N4O5. The van der Waals surface area contributed by atoms with Gasteiger partial charge >= 0.3 is 5.82 Å². The summed E-state index contributed by atoms with van der Waals surface area (Å²) in [6.45, 7) is -0.116. The second-order valence-electron chi connectivity index (χ2n) is 4.58. The smallest absolute Gasteiger partial charge is 0.406 e. The minimum absolute atomic E-state index is 0.0274. The second kappa shape index (κ2) is 6.73. The molecule has 0 radical (unpaired) electrons. The molecule has 0 unspecified atom stereocenters. The van der Waals surface area contributed by atoms with Gasteiger partial charge in [0.25, 0.3) is 5.89 Å². The number of nitrogens with zero attached hydrogens (tertiary/aromatic N) is 4. The van der Waals surface area contributed by atoms with Crippen molar-refractivity contribution in [2.45, 2.75) is 6.61 Å². The van der Waals surface area contributed by atoms with Crippen molar-refractivity contribution in [3.8, 4) is 22.9 Å². The van der Waals surface area contributed by atoms with Crippen LogP contribution in [0.1, 0.15) is 5.89 Å². The van der Waals surface area contributed by atoms with Gasteiger partial charge in [0.1, 0.15) is 11.9 Å². The summed E-state index contributed by atoms with van der Waals surface area (Å²) >= 11 is 0. The Morgan fingerprint density at radius 1 is 1.21 bits per heavy atom. The molecule has 0 aliphatic rings. The number of aromatic nitrogens is 3. The summed E-state index contributed by atoms with van der Waals surface area (Å²) in [7, 11) is 1.55. The first kappa shape index (κ1) is 15.4. The molecule has 0 atom stereocenters. The third-order valence-corrected chi connectivity index (χ3v) is 3.09. The molecule has 0 aliphatic carbocycles. The van der Waals surface area contributed by atoms with Gasteiger partial charge < -0.3 is 24.1 Å². The van der Waals surface area contributed by atoms with E-state index in [4.69, 9.17) is 14.0 Å². The van der Waals surface area contributed by atoms with Crippen LogP contribution in [-0.4, -0.2) is 27.2 Å². The number of ether oxygens (including phenoxy) is 2. The van der Waals surface area contributed by atoms with Crippen molar-refractivity contribution in [3.63, 3.8) is 0 Å². The number of benzene rings is 1. The van der Waals surface area contributed by atoms with Crippen LogP contribution in [0.15, 0.2) is 47.1 Å². The highest BCUT2D eigenvalue weighted by Crippen LogP contribution is 2.28. The lowest BCUT2D eigenvalue weighted by atomic mass is 10.2. The summed E-state index contributed by atoms with van der Waals surface area (Å²) in [6, 6.07) is 10.2. The van der Waals surface area contributed by atoms with E-state index >= 15 is 0 Å². The molecule has 0 bridgehead atoms. The lowest BCUT2D eigenvalue weighted by molar-refractivity contribution is -0.390. The van der Waals surface area contributed by atoms with E-state index in [0.717, 1.165) is 0 Å². The third kappa shape index (κ3) is 3.14. The number of rotatable bonds is 6. The Bertz CT molecular complexity index is 864. The van der Waals surface area contributed by atoms with E-state index in [1.165, 1.54) is 18.3 Å². The van der Waals surface area contributed by atoms with Gasteiger partial charge in [-0.15, -0.1) is 0 Å². The number of para-hydroxylation sites is 1. The highest BCUT2D eigenvalue weighted by molar-refractivity contribution is 5.63. The fraction of sp³-hybridized carbons (Fsp3) is 0.133. The molecule has 0 saturated heterocycles. The van der Waals surface area contributed by atoms with Crippen LogP contribution in [0.4, 0.5) is 5.82 Å². The lowest BCUT2D eigenvalue weighted by Crippen LogP contribution is -2.00. The maximum Gasteiger partial charge on any atom is 0.406 e. The standard InChI is InChI=1S/C15H12N4O5/c1-22-11-6-3-2-5-10(11)14-17-13(24-18-14)9-23-12-7-4-8-16-15(12)19(20)21/h2-8H,9H2,1H3. The van der Waals surface area contributed by atoms with Crippen molar-refractivity contribution in [1.29, 1.82) is 0 Å². The fourth-order valence-electron chi connectivity index (χ4n) is 2.02. The van der Waals surface area contributed by atoms with Crippen LogP contribution in [0.3, 0.4) is 0 Å². The van der Waals surface area contributed by atoms with Gasteiger partial charge in [-0.05, 0) is 34.2 Å². The predicted octanol–water partition coefficient (Wildman–Crippen LogP) is 2.63. The first-order chi connectivity index (χ1) is 11.7. The molecule has 0 amide bonds. The third-order valence-electron chi connectivity index (χ3n) is 3.09. The van der Waals surface area contributed by atoms with Crippen molar-refractivity contribution in [2.75, 3.05) is 7.11 Å². The van der Waals surface area contributed by atoms with Crippen LogP contribution < -0.4 is 9.47 Å². The quantitative estimate of drug-likeness (QED) is 0.501. The van der Waals surface area contributed by atoms with Gasteiger partial charge in [-0.25, -0.2) is 0 Å². The number of pyridine rings is 1. The first-order valence-electron chi connectivity index (χ1n) is 6.87. The molecular weight excluding hydrogens is 316 g/mol. The predicted molar refractivity (Wildman–Crippen MR) is 81.5 cm³/mol. The van der Waals surface area contributed by atoms with Gasteiger partial charge in [-0.3, -0.25) is 0 Å². The van der Waals surface area contributed by atoms with Gasteiger partial charge in [-0.1, -0.05) is 17.3 Å². The number of methoxy groups -OCH3 is 1. The molecule has 2 heterocycles. The SMILES string of the molecule is COc1ccccc1-c1noc(COc2cccnc2[N+](=O)[O-])n1. The van der Waals surface area contributed by atoms with Crippen molar-refractivity contribution in [2.24, 2.45) is 0 Å². The molecule has 0 N–H and O–H groups in total. The van der Waals surface area contributed by atoms with Crippen LogP contribution in [0.25, 0.3) is 11.4 Å². The summed E-state index contributed by atoms with van der Waals surface area (Å²) in [5, 5.41) is 14.8. The van der Waals surface area contributed by atoms with E-state index in [1.807, 2.05) is 12.1 Å². The second-order valence-corrected chi connectivity index (χ2v) is 4.58. The molecule has 122 valence electrons. The zero-order chi connectivity index (χ0) is 16.9. The molecule has 0 aliphatic heterocycles. The number of hydrogen-bond donors (Lipinski definition) is 0. The van der Waals surface area contributed by atoms with Gasteiger partial charge in [0.05, 0.1) is 12.7 Å². The molecule has 0 saturated carbocycles. The number of hydrogen-bond acceptors (Lipinski definition) is 8. The molecule has 0 spiro atoms. The monoisotopic (exact) mass is 328 g/mol. The highest BCUT2D eigenvalue weighted by atomic mass is 16.6. The average Bonchev–Trinajstić information content (AvgIpc) is 3.09. The van der Waals surface area contributed by atoms with Gasteiger partial charge in [0.2, 0.25) is 11.6 Å². The fourth-order valence-corrected chi connectivity index (χ4v) is 2.02. The lowest BCUT2D eigenvalue weighted by Gasteiger charge is -2.03. The van der Waals surface area contributed by atoms with E-state index < -0.39 is 4.92 Å². The van der Waals surface area contributed by atoms with Crippen LogP contribution >= 0.6 is 0 Å². The Balaban J connectivity index is 1.77. The maximum atomic E-state index is 10.9. The summed E-state index contributed by atoms with van der Waals surface area (Å²) in [5.41, 5.74) is 0.669. The zero-order valence-electron chi connectivity index (χ0n) is 12.6. The Morgan fingerprint density at radius 2 is 2.00 bits per heavy atom. The molecule has 9 heteroatoms. The summed E-state index contributed by atoms with van der Waals surface area (Å²) in [5.74, 6) is 0.774. The molecule has 24 heavy (non-hydrogen) atoms. The number of nitro groups is 1. The van der Waals surface area contributed by atoms with Gasteiger partial charge in [0, 0.05) is 0 Å². The Hall–Kier alpha value is -3.49. The Kier molecular flexibility index (Phi) is 4.32. The minimum atomic E-state index is -0.622. The molecule has 1 aromatic carbocycles. The normalized spacial score (nSPS) is 10.4. The van der Waals surface area contributed by atoms with Gasteiger partial charge in [-0.2, -0.15) is 4.98 Å². The van der Waals surface area contributed by atoms with Crippen LogP contribution in [0.2, 0.25) is 0 Å². The van der Waals surface area contributed by atoms with Crippen molar-refractivity contribution >= 4 is 5.82 Å². The Morgan fingerprint density at radius 3 is 2.79 bits per heavy atom.